The van der Waals surface area contributed by atoms with Gasteiger partial charge >= 0.3 is 5.97 Å². The van der Waals surface area contributed by atoms with Crippen LogP contribution in [0.3, 0.4) is 0 Å². The highest BCUT2D eigenvalue weighted by atomic mass is 32.1. The molecule has 3 aromatic rings. The Morgan fingerprint density at radius 1 is 1.22 bits per heavy atom. The molecule has 2 aromatic heterocycles. The average molecular weight is 333 g/mol. The van der Waals surface area contributed by atoms with Gasteiger partial charge in [-0.2, -0.15) is 0 Å². The summed E-state index contributed by atoms with van der Waals surface area (Å²) in [6, 6.07) is 5.54. The number of hydrogen-bond acceptors (Lipinski definition) is 5. The molecule has 7 heteroatoms. The first-order chi connectivity index (χ1) is 11.0. The lowest BCUT2D eigenvalue weighted by Crippen LogP contribution is -2.20. The summed E-state index contributed by atoms with van der Waals surface area (Å²) >= 11 is 1.37. The zero-order valence-corrected chi connectivity index (χ0v) is 13.5. The van der Waals surface area contributed by atoms with Gasteiger partial charge in [0, 0.05) is 34.3 Å². The number of benzene rings is 1. The van der Waals surface area contributed by atoms with Gasteiger partial charge in [0.2, 0.25) is 0 Å². The molecule has 120 valence electrons. The maximum atomic E-state index is 12.5. The van der Waals surface area contributed by atoms with E-state index in [1.165, 1.54) is 15.9 Å². The van der Waals surface area contributed by atoms with E-state index in [4.69, 9.17) is 14.6 Å². The van der Waals surface area contributed by atoms with Crippen molar-refractivity contribution in [3.05, 3.63) is 34.7 Å². The van der Waals surface area contributed by atoms with Gasteiger partial charge in [0.1, 0.15) is 4.70 Å². The Bertz CT molecular complexity index is 956. The summed E-state index contributed by atoms with van der Waals surface area (Å²) in [5.41, 5.74) is -0.178. The Hall–Kier alpha value is -2.54. The first-order valence-corrected chi connectivity index (χ1v) is 7.76. The zero-order chi connectivity index (χ0) is 16.6. The van der Waals surface area contributed by atoms with Gasteiger partial charge in [-0.15, -0.1) is 11.3 Å². The molecular weight excluding hydrogens is 318 g/mol. The van der Waals surface area contributed by atoms with Crippen molar-refractivity contribution in [3.63, 3.8) is 0 Å². The summed E-state index contributed by atoms with van der Waals surface area (Å²) in [5.74, 6) is 0.287. The maximum absolute atomic E-state index is 12.5. The van der Waals surface area contributed by atoms with Crippen LogP contribution in [0, 0.1) is 0 Å². The number of pyridine rings is 1. The van der Waals surface area contributed by atoms with Gasteiger partial charge in [0.25, 0.3) is 5.56 Å². The quantitative estimate of drug-likeness (QED) is 0.777. The van der Waals surface area contributed by atoms with E-state index >= 15 is 0 Å². The summed E-state index contributed by atoms with van der Waals surface area (Å²) < 4.78 is 13.6. The summed E-state index contributed by atoms with van der Waals surface area (Å²) in [4.78, 5) is 23.2. The SMILES string of the molecule is COc1cc2sc3c(=O)n(CCC(=O)O)ccc3c2cc1OC. The Balaban J connectivity index is 2.21. The number of fused-ring (bicyclic) bond motifs is 3. The first-order valence-electron chi connectivity index (χ1n) is 6.94. The molecule has 0 amide bonds. The minimum atomic E-state index is -0.928. The van der Waals surface area contributed by atoms with Crippen LogP contribution in [0.4, 0.5) is 0 Å². The van der Waals surface area contributed by atoms with Gasteiger partial charge in [-0.1, -0.05) is 0 Å². The molecule has 3 rings (SSSR count). The van der Waals surface area contributed by atoms with Crippen molar-refractivity contribution in [3.8, 4) is 11.5 Å². The fourth-order valence-electron chi connectivity index (χ4n) is 2.52. The van der Waals surface area contributed by atoms with Crippen molar-refractivity contribution in [2.24, 2.45) is 0 Å². The molecule has 0 radical (unpaired) electrons. The van der Waals surface area contributed by atoms with Gasteiger partial charge in [0.15, 0.2) is 11.5 Å². The largest absolute Gasteiger partial charge is 0.493 e. The molecule has 1 aromatic carbocycles. The molecule has 0 fully saturated rings. The average Bonchev–Trinajstić information content (AvgIpc) is 2.91. The van der Waals surface area contributed by atoms with E-state index in [-0.39, 0.29) is 18.5 Å². The lowest BCUT2D eigenvalue weighted by atomic mass is 10.1. The van der Waals surface area contributed by atoms with Crippen molar-refractivity contribution >= 4 is 37.5 Å². The highest BCUT2D eigenvalue weighted by Gasteiger charge is 2.14. The molecule has 0 spiro atoms. The van der Waals surface area contributed by atoms with Crippen LogP contribution in [0.5, 0.6) is 11.5 Å². The van der Waals surface area contributed by atoms with E-state index < -0.39 is 5.97 Å². The number of carboxylic acid groups (broad SMARTS) is 1. The second-order valence-corrected chi connectivity index (χ2v) is 6.06. The number of rotatable bonds is 5. The van der Waals surface area contributed by atoms with Crippen molar-refractivity contribution in [2.45, 2.75) is 13.0 Å². The molecule has 0 aliphatic rings. The van der Waals surface area contributed by atoms with Crippen molar-refractivity contribution in [1.29, 1.82) is 0 Å². The maximum Gasteiger partial charge on any atom is 0.305 e. The molecule has 0 saturated carbocycles. The van der Waals surface area contributed by atoms with Crippen LogP contribution in [0.1, 0.15) is 6.42 Å². The van der Waals surface area contributed by atoms with Gasteiger partial charge in [-0.05, 0) is 12.1 Å². The van der Waals surface area contributed by atoms with Crippen LogP contribution in [0.2, 0.25) is 0 Å². The monoisotopic (exact) mass is 333 g/mol. The fourth-order valence-corrected chi connectivity index (χ4v) is 3.68. The Morgan fingerprint density at radius 3 is 2.57 bits per heavy atom. The topological polar surface area (TPSA) is 77.8 Å². The standard InChI is InChI=1S/C16H15NO5S/c1-21-11-7-10-9-3-5-17(6-4-14(18)19)16(20)15(9)23-13(10)8-12(11)22-2/h3,5,7-8H,4,6H2,1-2H3,(H,18,19). The third kappa shape index (κ3) is 2.63. The number of carboxylic acids is 1. The molecule has 23 heavy (non-hydrogen) atoms. The minimum Gasteiger partial charge on any atom is -0.493 e. The highest BCUT2D eigenvalue weighted by molar-refractivity contribution is 7.25. The molecule has 0 aliphatic carbocycles. The number of aryl methyl sites for hydroxylation is 1. The molecule has 0 bridgehead atoms. The molecule has 1 N–H and O–H groups in total. The third-order valence-electron chi connectivity index (χ3n) is 3.68. The molecule has 2 heterocycles. The number of aliphatic carboxylic acids is 1. The van der Waals surface area contributed by atoms with Crippen LogP contribution < -0.4 is 15.0 Å². The van der Waals surface area contributed by atoms with E-state index in [0.717, 1.165) is 15.5 Å². The normalized spacial score (nSPS) is 11.0. The Kier molecular flexibility index (Phi) is 3.96. The van der Waals surface area contributed by atoms with Crippen LogP contribution in [-0.2, 0) is 11.3 Å². The van der Waals surface area contributed by atoms with Crippen LogP contribution in [-0.4, -0.2) is 29.9 Å². The molecule has 0 unspecified atom stereocenters. The summed E-state index contributed by atoms with van der Waals surface area (Å²) in [5, 5.41) is 10.5. The number of aromatic nitrogens is 1. The fraction of sp³-hybridized carbons (Fsp3) is 0.250. The van der Waals surface area contributed by atoms with Gasteiger partial charge in [-0.25, -0.2) is 0 Å². The second-order valence-electron chi connectivity index (χ2n) is 5.01. The van der Waals surface area contributed by atoms with Crippen molar-refractivity contribution in [1.82, 2.24) is 4.57 Å². The Labute approximate surface area is 135 Å². The number of nitrogens with zero attached hydrogens (tertiary/aromatic N) is 1. The Morgan fingerprint density at radius 2 is 1.91 bits per heavy atom. The first kappa shape index (κ1) is 15.4. The number of ether oxygens (including phenoxy) is 2. The van der Waals surface area contributed by atoms with E-state index in [9.17, 15) is 9.59 Å². The van der Waals surface area contributed by atoms with Gasteiger partial charge < -0.3 is 19.1 Å². The van der Waals surface area contributed by atoms with Crippen molar-refractivity contribution in [2.75, 3.05) is 14.2 Å². The highest BCUT2D eigenvalue weighted by Crippen LogP contribution is 2.39. The van der Waals surface area contributed by atoms with E-state index in [1.807, 2.05) is 18.2 Å². The molecule has 0 atom stereocenters. The third-order valence-corrected chi connectivity index (χ3v) is 4.83. The second kappa shape index (κ2) is 5.92. The number of thiophene rings is 1. The molecule has 6 nitrogen and oxygen atoms in total. The summed E-state index contributed by atoms with van der Waals surface area (Å²) in [6.45, 7) is 0.158. The van der Waals surface area contributed by atoms with Crippen LogP contribution in [0.15, 0.2) is 29.2 Å². The molecule has 0 saturated heterocycles. The van der Waals surface area contributed by atoms with Crippen LogP contribution in [0.25, 0.3) is 20.2 Å². The van der Waals surface area contributed by atoms with E-state index in [2.05, 4.69) is 0 Å². The van der Waals surface area contributed by atoms with E-state index in [0.29, 0.717) is 16.2 Å². The number of methoxy groups -OCH3 is 2. The predicted octanol–water partition coefficient (Wildman–Crippen LogP) is 2.71. The lowest BCUT2D eigenvalue weighted by molar-refractivity contribution is -0.137. The molecular formula is C16H15NO5S. The zero-order valence-electron chi connectivity index (χ0n) is 12.7. The predicted molar refractivity (Wildman–Crippen MR) is 88.9 cm³/mol. The number of hydrogen-bond donors (Lipinski definition) is 1. The molecule has 0 aliphatic heterocycles. The summed E-state index contributed by atoms with van der Waals surface area (Å²) in [6.07, 6.45) is 1.55. The minimum absolute atomic E-state index is 0.0854. The lowest BCUT2D eigenvalue weighted by Gasteiger charge is -2.07. The summed E-state index contributed by atoms with van der Waals surface area (Å²) in [7, 11) is 3.13. The smallest absolute Gasteiger partial charge is 0.305 e. The van der Waals surface area contributed by atoms with Gasteiger partial charge in [-0.3, -0.25) is 9.59 Å². The van der Waals surface area contributed by atoms with Gasteiger partial charge in [0.05, 0.1) is 20.6 Å². The van der Waals surface area contributed by atoms with Crippen LogP contribution >= 0.6 is 11.3 Å². The number of carbonyl (C=O) groups is 1. The van der Waals surface area contributed by atoms with Crippen molar-refractivity contribution < 1.29 is 19.4 Å². The van der Waals surface area contributed by atoms with E-state index in [1.54, 1.807) is 20.4 Å².